The summed E-state index contributed by atoms with van der Waals surface area (Å²) in [6.45, 7) is 13.8. The number of carboxylic acid groups (broad SMARTS) is 2. The largest absolute Gasteiger partial charge is 0.480 e. The van der Waals surface area contributed by atoms with Crippen LogP contribution in [0.1, 0.15) is 98.8 Å². The van der Waals surface area contributed by atoms with Gasteiger partial charge in [-0.3, -0.25) is 9.59 Å². The summed E-state index contributed by atoms with van der Waals surface area (Å²) in [5.41, 5.74) is -1.53. The molecular formula is C36H56N2O9. The molecule has 5 aliphatic carbocycles. The van der Waals surface area contributed by atoms with Crippen molar-refractivity contribution < 1.29 is 44.7 Å². The van der Waals surface area contributed by atoms with Gasteiger partial charge in [-0.05, 0) is 124 Å². The Morgan fingerprint density at radius 3 is 1.89 bits per heavy atom. The molecule has 47 heavy (non-hydrogen) atoms. The second-order valence-corrected chi connectivity index (χ2v) is 16.8. The molecule has 0 heterocycles. The van der Waals surface area contributed by atoms with Crippen molar-refractivity contribution in [3.05, 3.63) is 12.2 Å². The fourth-order valence-electron chi connectivity index (χ4n) is 12.5. The molecule has 0 aromatic carbocycles. The number of carboxylic acids is 2. The molecule has 13 atom stereocenters. The Morgan fingerprint density at radius 1 is 0.745 bits per heavy atom. The molecule has 264 valence electrons. The van der Waals surface area contributed by atoms with Crippen molar-refractivity contribution in [2.45, 2.75) is 117 Å². The minimum absolute atomic E-state index is 0.00847. The molecule has 11 nitrogen and oxygen atoms in total. The van der Waals surface area contributed by atoms with Crippen LogP contribution in [0.25, 0.3) is 0 Å². The summed E-state index contributed by atoms with van der Waals surface area (Å²) in [6, 6.07) is -2.80. The first kappa shape index (κ1) is 35.8. The molecule has 7 N–H and O–H groups in total. The third kappa shape index (κ3) is 4.99. The Bertz CT molecular complexity index is 1320. The normalized spacial score (nSPS) is 45.2. The zero-order valence-electron chi connectivity index (χ0n) is 28.7. The molecule has 0 unspecified atom stereocenters. The van der Waals surface area contributed by atoms with Crippen LogP contribution in [-0.4, -0.2) is 80.7 Å². The van der Waals surface area contributed by atoms with Crippen molar-refractivity contribution >= 4 is 23.8 Å². The van der Waals surface area contributed by atoms with Crippen LogP contribution < -0.4 is 10.6 Å². The molecule has 5 rings (SSSR count). The number of nitrogens with one attached hydrogen (secondary N) is 2. The van der Waals surface area contributed by atoms with Gasteiger partial charge in [0.05, 0.1) is 30.1 Å². The number of hydrogen-bond donors (Lipinski definition) is 7. The van der Waals surface area contributed by atoms with Gasteiger partial charge in [-0.15, -0.1) is 0 Å². The molecule has 0 spiro atoms. The van der Waals surface area contributed by atoms with Crippen LogP contribution >= 0.6 is 0 Å². The van der Waals surface area contributed by atoms with Gasteiger partial charge in [-0.25, -0.2) is 9.59 Å². The van der Waals surface area contributed by atoms with Crippen LogP contribution in [0.15, 0.2) is 12.2 Å². The number of amides is 2. The number of fused-ring (bicyclic) bond motifs is 7. The molecule has 2 amide bonds. The van der Waals surface area contributed by atoms with Gasteiger partial charge in [0.1, 0.15) is 12.1 Å². The molecule has 11 heteroatoms. The number of carbonyl (C=O) groups excluding carboxylic acids is 2. The highest BCUT2D eigenvalue weighted by Crippen LogP contribution is 2.77. The van der Waals surface area contributed by atoms with E-state index in [4.69, 9.17) is 0 Å². The van der Waals surface area contributed by atoms with E-state index in [1.165, 1.54) is 0 Å². The maximum atomic E-state index is 14.1. The molecule has 0 bridgehead atoms. The van der Waals surface area contributed by atoms with Crippen LogP contribution in [0.3, 0.4) is 0 Å². The first-order valence-electron chi connectivity index (χ1n) is 17.5. The van der Waals surface area contributed by atoms with Crippen LogP contribution in [0, 0.1) is 56.7 Å². The van der Waals surface area contributed by atoms with Crippen molar-refractivity contribution in [3.8, 4) is 0 Å². The van der Waals surface area contributed by atoms with Crippen LogP contribution in [0.5, 0.6) is 0 Å². The van der Waals surface area contributed by atoms with Crippen molar-refractivity contribution in [1.29, 1.82) is 0 Å². The molecular weight excluding hydrogens is 604 g/mol. The molecule has 0 saturated heterocycles. The highest BCUT2D eigenvalue weighted by atomic mass is 16.4. The lowest BCUT2D eigenvalue weighted by Gasteiger charge is -2.72. The first-order valence-corrected chi connectivity index (χ1v) is 17.5. The van der Waals surface area contributed by atoms with E-state index >= 15 is 0 Å². The average molecular weight is 661 g/mol. The Labute approximate surface area is 278 Å². The molecule has 0 aromatic rings. The SMILES string of the molecule is C=C(C)[C@@H]1CC[C@]2(C(=O)N[C@@H](CO)C(=O)O)CC[C@]3(C)[C@H](CC[C@@H]4[C@@]5(C)CC[C@@H](O)[C@@](C)(C(=O)N[C@@H](CO)C(=O)O)[C@@H]5CC[C@]43C)[C@@H]12. The minimum Gasteiger partial charge on any atom is -0.480 e. The lowest BCUT2D eigenvalue weighted by atomic mass is 9.32. The summed E-state index contributed by atoms with van der Waals surface area (Å²) in [5, 5.41) is 55.1. The summed E-state index contributed by atoms with van der Waals surface area (Å²) in [4.78, 5) is 51.4. The van der Waals surface area contributed by atoms with Crippen LogP contribution in [-0.2, 0) is 19.2 Å². The monoisotopic (exact) mass is 660 g/mol. The second kappa shape index (κ2) is 12.1. The Morgan fingerprint density at radius 2 is 1.34 bits per heavy atom. The van der Waals surface area contributed by atoms with E-state index in [1.54, 1.807) is 6.92 Å². The predicted molar refractivity (Wildman–Crippen MR) is 173 cm³/mol. The average Bonchev–Trinajstić information content (AvgIpc) is 3.42. The van der Waals surface area contributed by atoms with Crippen LogP contribution in [0.4, 0.5) is 0 Å². The Hall–Kier alpha value is -2.50. The van der Waals surface area contributed by atoms with Crippen molar-refractivity contribution in [3.63, 3.8) is 0 Å². The Balaban J connectivity index is 1.50. The summed E-state index contributed by atoms with van der Waals surface area (Å²) < 4.78 is 0. The Kier molecular flexibility index (Phi) is 9.23. The van der Waals surface area contributed by atoms with Gasteiger partial charge in [0, 0.05) is 0 Å². The van der Waals surface area contributed by atoms with Gasteiger partial charge in [0.15, 0.2) is 0 Å². The number of hydrogen-bond acceptors (Lipinski definition) is 7. The number of aliphatic hydroxyl groups excluding tert-OH is 3. The lowest BCUT2D eigenvalue weighted by Crippen LogP contribution is -2.69. The maximum Gasteiger partial charge on any atom is 0.328 e. The molecule has 0 aliphatic heterocycles. The zero-order chi connectivity index (χ0) is 34.9. The smallest absolute Gasteiger partial charge is 0.328 e. The van der Waals surface area contributed by atoms with E-state index in [-0.39, 0.29) is 51.7 Å². The third-order valence-electron chi connectivity index (χ3n) is 15.2. The van der Waals surface area contributed by atoms with E-state index in [2.05, 4.69) is 38.0 Å². The van der Waals surface area contributed by atoms with Gasteiger partial charge in [0.2, 0.25) is 11.8 Å². The van der Waals surface area contributed by atoms with E-state index in [0.29, 0.717) is 25.7 Å². The molecule has 0 radical (unpaired) electrons. The predicted octanol–water partition coefficient (Wildman–Crippen LogP) is 3.11. The van der Waals surface area contributed by atoms with Gasteiger partial charge in [-0.2, -0.15) is 0 Å². The van der Waals surface area contributed by atoms with E-state index < -0.39 is 60.1 Å². The minimum atomic E-state index is -1.45. The van der Waals surface area contributed by atoms with Gasteiger partial charge in [0.25, 0.3) is 0 Å². The quantitative estimate of drug-likeness (QED) is 0.182. The van der Waals surface area contributed by atoms with E-state index in [9.17, 15) is 44.7 Å². The fraction of sp³-hybridized carbons (Fsp3) is 0.833. The molecule has 5 saturated carbocycles. The highest BCUT2D eigenvalue weighted by molar-refractivity contribution is 5.89. The summed E-state index contributed by atoms with van der Waals surface area (Å²) in [6.07, 6.45) is 6.37. The van der Waals surface area contributed by atoms with Gasteiger partial charge in [-0.1, -0.05) is 32.9 Å². The molecule has 5 fully saturated rings. The number of rotatable bonds is 9. The maximum absolute atomic E-state index is 14.1. The standard InChI is InChI=1S/C36H56N2O9/c1-19(2)20-9-14-36(31(47)38-23(18-40)29(44)45)16-15-33(4)21(27(20)36)7-8-24-32(3)12-11-26(41)35(6,25(32)10-13-34(24,33)5)30(46)37-22(17-39)28(42)43/h20-27,39-41H,1,7-18H2,2-6H3,(H,37,46)(H,38,47)(H,42,43)(H,44,45)/t20-,21+,22-,23-,24+,25+,26+,27+,32+,33+,34+,35-,36-/m0/s1. The molecule has 5 aliphatic rings. The fourth-order valence-corrected chi connectivity index (χ4v) is 12.5. The summed E-state index contributed by atoms with van der Waals surface area (Å²) in [7, 11) is 0. The molecule has 0 aromatic heterocycles. The topological polar surface area (TPSA) is 193 Å². The number of aliphatic hydroxyl groups is 3. The zero-order valence-corrected chi connectivity index (χ0v) is 28.7. The van der Waals surface area contributed by atoms with Crippen LogP contribution in [0.2, 0.25) is 0 Å². The summed E-state index contributed by atoms with van der Waals surface area (Å²) >= 11 is 0. The first-order chi connectivity index (χ1) is 21.9. The second-order valence-electron chi connectivity index (χ2n) is 16.8. The van der Waals surface area contributed by atoms with Gasteiger partial charge >= 0.3 is 11.9 Å². The third-order valence-corrected chi connectivity index (χ3v) is 15.2. The van der Waals surface area contributed by atoms with Gasteiger partial charge < -0.3 is 36.2 Å². The van der Waals surface area contributed by atoms with Crippen molar-refractivity contribution in [2.24, 2.45) is 56.7 Å². The lowest BCUT2D eigenvalue weighted by molar-refractivity contribution is -0.246. The van der Waals surface area contributed by atoms with E-state index in [0.717, 1.165) is 44.1 Å². The number of allylic oxidation sites excluding steroid dienone is 1. The van der Waals surface area contributed by atoms with Crippen molar-refractivity contribution in [1.82, 2.24) is 10.6 Å². The number of aliphatic carboxylic acids is 2. The summed E-state index contributed by atoms with van der Waals surface area (Å²) in [5.74, 6) is -3.05. The number of carbonyl (C=O) groups is 4. The highest BCUT2D eigenvalue weighted by Gasteiger charge is 2.73. The van der Waals surface area contributed by atoms with E-state index in [1.807, 2.05) is 6.92 Å². The van der Waals surface area contributed by atoms with Crippen molar-refractivity contribution in [2.75, 3.05) is 13.2 Å².